The number of carbonyl (C=O) groups is 3. The first kappa shape index (κ1) is 14.3. The molecule has 1 saturated carbocycles. The van der Waals surface area contributed by atoms with Crippen LogP contribution in [0.2, 0.25) is 0 Å². The molecule has 1 aliphatic carbocycles. The number of aryl methyl sites for hydroxylation is 2. The molecule has 3 rings (SSSR count). The summed E-state index contributed by atoms with van der Waals surface area (Å²) in [5.74, 6) is -0.844. The minimum atomic E-state index is -1.04. The van der Waals surface area contributed by atoms with Crippen molar-refractivity contribution in [2.75, 3.05) is 4.90 Å². The number of hydrogen-bond acceptors (Lipinski definition) is 3. The van der Waals surface area contributed by atoms with Crippen LogP contribution in [0.5, 0.6) is 0 Å². The zero-order valence-electron chi connectivity index (χ0n) is 11.8. The summed E-state index contributed by atoms with van der Waals surface area (Å²) in [6.45, 7) is 3.69. The van der Waals surface area contributed by atoms with Crippen molar-refractivity contribution >= 4 is 39.5 Å². The number of imide groups is 2. The Bertz CT molecular complexity index is 656. The van der Waals surface area contributed by atoms with Gasteiger partial charge in [-0.1, -0.05) is 22.4 Å². The van der Waals surface area contributed by atoms with E-state index in [1.54, 1.807) is 0 Å². The quantitative estimate of drug-likeness (QED) is 0.792. The molecule has 1 heterocycles. The summed E-state index contributed by atoms with van der Waals surface area (Å²) in [6.07, 6.45) is 1.85. The number of benzene rings is 1. The number of halogens is 1. The zero-order chi connectivity index (χ0) is 15.4. The van der Waals surface area contributed by atoms with E-state index in [0.29, 0.717) is 18.5 Å². The molecule has 6 heteroatoms. The van der Waals surface area contributed by atoms with Crippen LogP contribution in [0.1, 0.15) is 30.4 Å². The fourth-order valence-corrected chi connectivity index (χ4v) is 3.79. The van der Waals surface area contributed by atoms with Gasteiger partial charge in [-0.05, 0) is 49.9 Å². The lowest BCUT2D eigenvalue weighted by Gasteiger charge is -2.45. The number of carbonyl (C=O) groups excluding carboxylic acids is 3. The molecule has 5 nitrogen and oxygen atoms in total. The van der Waals surface area contributed by atoms with Crippen molar-refractivity contribution in [3.05, 3.63) is 27.7 Å². The van der Waals surface area contributed by atoms with Gasteiger partial charge < -0.3 is 0 Å². The number of nitrogens with zero attached hydrogens (tertiary/aromatic N) is 1. The molecule has 21 heavy (non-hydrogen) atoms. The van der Waals surface area contributed by atoms with E-state index in [-0.39, 0.29) is 0 Å². The third-order valence-electron chi connectivity index (χ3n) is 4.36. The Morgan fingerprint density at radius 1 is 1.14 bits per heavy atom. The molecule has 1 N–H and O–H groups in total. The predicted molar refractivity (Wildman–Crippen MR) is 80.9 cm³/mol. The molecule has 0 aromatic heterocycles. The summed E-state index contributed by atoms with van der Waals surface area (Å²) in [7, 11) is 0. The van der Waals surface area contributed by atoms with Gasteiger partial charge in [0.1, 0.15) is 5.41 Å². The molecular formula is C15H15BrN2O3. The van der Waals surface area contributed by atoms with Gasteiger partial charge in [0.2, 0.25) is 5.91 Å². The van der Waals surface area contributed by atoms with E-state index in [1.807, 2.05) is 26.0 Å². The van der Waals surface area contributed by atoms with E-state index in [2.05, 4.69) is 21.2 Å². The maximum absolute atomic E-state index is 12.8. The molecular weight excluding hydrogens is 336 g/mol. The Labute approximate surface area is 130 Å². The monoisotopic (exact) mass is 350 g/mol. The normalized spacial score (nSPS) is 20.5. The Kier molecular flexibility index (Phi) is 3.16. The Morgan fingerprint density at radius 3 is 2.19 bits per heavy atom. The summed E-state index contributed by atoms with van der Waals surface area (Å²) in [5.41, 5.74) is 1.16. The van der Waals surface area contributed by atoms with Gasteiger partial charge in [-0.15, -0.1) is 0 Å². The number of barbiturate groups is 1. The number of rotatable bonds is 1. The van der Waals surface area contributed by atoms with Gasteiger partial charge in [-0.2, -0.15) is 0 Å². The number of nitrogens with one attached hydrogen (secondary N) is 1. The molecule has 1 spiro atoms. The van der Waals surface area contributed by atoms with Crippen LogP contribution < -0.4 is 10.2 Å². The first-order valence-electron chi connectivity index (χ1n) is 6.83. The van der Waals surface area contributed by atoms with E-state index in [0.717, 1.165) is 26.9 Å². The average Bonchev–Trinajstić information content (AvgIpc) is 2.29. The highest BCUT2D eigenvalue weighted by atomic mass is 79.9. The molecule has 4 amide bonds. The minimum Gasteiger partial charge on any atom is -0.276 e. The lowest BCUT2D eigenvalue weighted by atomic mass is 9.66. The largest absolute Gasteiger partial charge is 0.335 e. The smallest absolute Gasteiger partial charge is 0.276 e. The van der Waals surface area contributed by atoms with Crippen molar-refractivity contribution in [2.45, 2.75) is 33.1 Å². The van der Waals surface area contributed by atoms with Crippen molar-refractivity contribution in [3.8, 4) is 0 Å². The zero-order valence-corrected chi connectivity index (χ0v) is 13.4. The molecule has 1 aromatic carbocycles. The average molecular weight is 351 g/mol. The van der Waals surface area contributed by atoms with E-state index >= 15 is 0 Å². The standard InChI is InChI=1S/C15H15BrN2O3/c1-8-6-10(16)7-9(2)11(8)18-13(20)15(4-3-5-15)12(19)17-14(18)21/h6-7H,3-5H2,1-2H3,(H,17,19,21). The van der Waals surface area contributed by atoms with Crippen molar-refractivity contribution in [1.82, 2.24) is 5.32 Å². The lowest BCUT2D eigenvalue weighted by molar-refractivity contribution is -0.148. The number of anilines is 1. The molecule has 1 aliphatic heterocycles. The molecule has 2 aliphatic rings. The van der Waals surface area contributed by atoms with Crippen LogP contribution in [0.15, 0.2) is 16.6 Å². The molecule has 0 unspecified atom stereocenters. The molecule has 1 saturated heterocycles. The van der Waals surface area contributed by atoms with E-state index < -0.39 is 23.3 Å². The van der Waals surface area contributed by atoms with Gasteiger partial charge in [0, 0.05) is 4.47 Å². The second-order valence-electron chi connectivity index (χ2n) is 5.72. The molecule has 1 aromatic rings. The summed E-state index contributed by atoms with van der Waals surface area (Å²) in [4.78, 5) is 38.1. The maximum atomic E-state index is 12.8. The van der Waals surface area contributed by atoms with Crippen LogP contribution in [-0.4, -0.2) is 17.8 Å². The first-order valence-corrected chi connectivity index (χ1v) is 7.63. The van der Waals surface area contributed by atoms with E-state index in [4.69, 9.17) is 0 Å². The SMILES string of the molecule is Cc1cc(Br)cc(C)c1N1C(=O)NC(=O)C2(CCC2)C1=O. The Morgan fingerprint density at radius 2 is 1.71 bits per heavy atom. The third kappa shape index (κ3) is 1.92. The van der Waals surface area contributed by atoms with Crippen molar-refractivity contribution < 1.29 is 14.4 Å². The Hall–Kier alpha value is -1.69. The number of urea groups is 1. The second-order valence-corrected chi connectivity index (χ2v) is 6.64. The van der Waals surface area contributed by atoms with Crippen LogP contribution in [0.25, 0.3) is 0 Å². The van der Waals surface area contributed by atoms with Gasteiger partial charge >= 0.3 is 6.03 Å². The summed E-state index contributed by atoms with van der Waals surface area (Å²) in [6, 6.07) is 3.05. The topological polar surface area (TPSA) is 66.5 Å². The molecule has 0 bridgehead atoms. The summed E-state index contributed by atoms with van der Waals surface area (Å²) < 4.78 is 0.889. The minimum absolute atomic E-state index is 0.393. The molecule has 2 fully saturated rings. The van der Waals surface area contributed by atoms with Crippen LogP contribution in [0.3, 0.4) is 0 Å². The van der Waals surface area contributed by atoms with Crippen LogP contribution in [0, 0.1) is 19.3 Å². The maximum Gasteiger partial charge on any atom is 0.335 e. The first-order chi connectivity index (χ1) is 9.86. The summed E-state index contributed by atoms with van der Waals surface area (Å²) in [5, 5.41) is 2.34. The molecule has 0 atom stereocenters. The summed E-state index contributed by atoms with van der Waals surface area (Å²) >= 11 is 3.40. The molecule has 0 radical (unpaired) electrons. The van der Waals surface area contributed by atoms with Crippen LogP contribution in [-0.2, 0) is 9.59 Å². The van der Waals surface area contributed by atoms with Crippen molar-refractivity contribution in [1.29, 1.82) is 0 Å². The van der Waals surface area contributed by atoms with Gasteiger partial charge in [0.25, 0.3) is 5.91 Å². The van der Waals surface area contributed by atoms with Gasteiger partial charge in [0.15, 0.2) is 0 Å². The highest BCUT2D eigenvalue weighted by Gasteiger charge is 2.57. The number of amides is 4. The third-order valence-corrected chi connectivity index (χ3v) is 4.82. The van der Waals surface area contributed by atoms with Gasteiger partial charge in [-0.3, -0.25) is 14.9 Å². The van der Waals surface area contributed by atoms with Crippen LogP contribution in [0.4, 0.5) is 10.5 Å². The second kappa shape index (κ2) is 4.66. The highest BCUT2D eigenvalue weighted by Crippen LogP contribution is 2.46. The van der Waals surface area contributed by atoms with E-state index in [1.165, 1.54) is 0 Å². The fourth-order valence-electron chi connectivity index (χ4n) is 3.11. The predicted octanol–water partition coefficient (Wildman–Crippen LogP) is 2.82. The van der Waals surface area contributed by atoms with Crippen LogP contribution >= 0.6 is 15.9 Å². The number of hydrogen-bond donors (Lipinski definition) is 1. The van der Waals surface area contributed by atoms with Gasteiger partial charge in [0.05, 0.1) is 5.69 Å². The lowest BCUT2D eigenvalue weighted by Crippen LogP contribution is -2.66. The van der Waals surface area contributed by atoms with Crippen molar-refractivity contribution in [2.24, 2.45) is 5.41 Å². The highest BCUT2D eigenvalue weighted by molar-refractivity contribution is 9.10. The van der Waals surface area contributed by atoms with Crippen molar-refractivity contribution in [3.63, 3.8) is 0 Å². The van der Waals surface area contributed by atoms with E-state index in [9.17, 15) is 14.4 Å². The fraction of sp³-hybridized carbons (Fsp3) is 0.400. The Balaban J connectivity index is 2.11. The van der Waals surface area contributed by atoms with Gasteiger partial charge in [-0.25, -0.2) is 9.69 Å². The molecule has 110 valence electrons.